The summed E-state index contributed by atoms with van der Waals surface area (Å²) in [7, 11) is 0. The van der Waals surface area contributed by atoms with Gasteiger partial charge in [-0.3, -0.25) is 9.36 Å². The number of nitrogens with one attached hydrogen (secondary N) is 2. The molecule has 6 rings (SSSR count). The van der Waals surface area contributed by atoms with Crippen molar-refractivity contribution in [3.8, 4) is 0 Å². The van der Waals surface area contributed by atoms with Gasteiger partial charge in [-0.25, -0.2) is 9.97 Å². The fraction of sp³-hybridized carbons (Fsp3) is 0.273. The van der Waals surface area contributed by atoms with Crippen LogP contribution in [-0.2, 0) is 11.3 Å². The van der Waals surface area contributed by atoms with E-state index >= 15 is 0 Å². The molecule has 0 radical (unpaired) electrons. The molecule has 0 aliphatic carbocycles. The molecule has 0 atom stereocenters. The third-order valence-electron chi connectivity index (χ3n) is 5.84. The summed E-state index contributed by atoms with van der Waals surface area (Å²) in [6.07, 6.45) is 1.61. The lowest BCUT2D eigenvalue weighted by atomic mass is 10.2. The van der Waals surface area contributed by atoms with E-state index in [1.165, 1.54) is 0 Å². The summed E-state index contributed by atoms with van der Waals surface area (Å²) in [5, 5.41) is 4.45. The number of ether oxygens (including phenoxy) is 1. The number of amides is 1. The van der Waals surface area contributed by atoms with Crippen LogP contribution < -0.4 is 15.8 Å². The third kappa shape index (κ3) is 3.14. The maximum atomic E-state index is 12.9. The van der Waals surface area contributed by atoms with Crippen molar-refractivity contribution in [1.29, 1.82) is 0 Å². The molecule has 2 N–H and O–H groups in total. The number of aromatic nitrogens is 4. The van der Waals surface area contributed by atoms with Crippen LogP contribution in [0, 0.1) is 0 Å². The van der Waals surface area contributed by atoms with Crippen molar-refractivity contribution in [2.75, 3.05) is 43.1 Å². The van der Waals surface area contributed by atoms with Gasteiger partial charge in [0, 0.05) is 42.8 Å². The van der Waals surface area contributed by atoms with Gasteiger partial charge in [0.25, 0.3) is 5.91 Å². The number of imidazole rings is 1. The summed E-state index contributed by atoms with van der Waals surface area (Å²) in [6.45, 7) is 4.66. The van der Waals surface area contributed by atoms with E-state index in [1.807, 2.05) is 10.6 Å². The number of hydrogen-bond acceptors (Lipinski definition) is 6. The number of aromatic amines is 1. The highest BCUT2D eigenvalue weighted by Crippen LogP contribution is 2.27. The summed E-state index contributed by atoms with van der Waals surface area (Å²) in [5.74, 6) is 0.628. The minimum absolute atomic E-state index is 0.325. The molecule has 0 saturated carbocycles. The fourth-order valence-corrected chi connectivity index (χ4v) is 4.24. The summed E-state index contributed by atoms with van der Waals surface area (Å²) in [6, 6.07) is 11.6. The van der Waals surface area contributed by atoms with Crippen LogP contribution in [0.25, 0.3) is 21.9 Å². The molecule has 9 heteroatoms. The lowest BCUT2D eigenvalue weighted by Gasteiger charge is -2.29. The summed E-state index contributed by atoms with van der Waals surface area (Å²) in [4.78, 5) is 31.6. The van der Waals surface area contributed by atoms with Gasteiger partial charge in [0.05, 0.1) is 36.1 Å². The second kappa shape index (κ2) is 7.21. The van der Waals surface area contributed by atoms with Gasteiger partial charge in [0.2, 0.25) is 5.62 Å². The average molecular weight is 415 g/mol. The van der Waals surface area contributed by atoms with Crippen molar-refractivity contribution in [3.05, 3.63) is 53.9 Å². The lowest BCUT2D eigenvalue weighted by Crippen LogP contribution is -2.36. The van der Waals surface area contributed by atoms with Gasteiger partial charge in [-0.15, -0.1) is 0 Å². The van der Waals surface area contributed by atoms with Gasteiger partial charge in [0.1, 0.15) is 5.82 Å². The predicted octanol–water partition coefficient (Wildman–Crippen LogP) is 1.92. The molecule has 1 fully saturated rings. The van der Waals surface area contributed by atoms with Gasteiger partial charge in [0.15, 0.2) is 0 Å². The van der Waals surface area contributed by atoms with E-state index in [4.69, 9.17) is 9.72 Å². The Balaban J connectivity index is 1.46. The Kier molecular flexibility index (Phi) is 4.20. The number of fused-ring (bicyclic) bond motifs is 4. The molecule has 156 valence electrons. The molecule has 1 saturated heterocycles. The van der Waals surface area contributed by atoms with Gasteiger partial charge in [-0.05, 0) is 36.4 Å². The molecule has 2 aromatic carbocycles. The van der Waals surface area contributed by atoms with Crippen LogP contribution >= 0.6 is 0 Å². The van der Waals surface area contributed by atoms with Crippen molar-refractivity contribution in [1.82, 2.24) is 19.5 Å². The number of H-pyrrole nitrogens is 1. The van der Waals surface area contributed by atoms with Crippen LogP contribution in [0.4, 0.5) is 11.5 Å². The van der Waals surface area contributed by atoms with Gasteiger partial charge in [-0.1, -0.05) is 0 Å². The molecule has 0 bridgehead atoms. The smallest absolute Gasteiger partial charge is 0.280 e. The van der Waals surface area contributed by atoms with Gasteiger partial charge < -0.3 is 19.9 Å². The fourth-order valence-electron chi connectivity index (χ4n) is 4.24. The highest BCUT2D eigenvalue weighted by Gasteiger charge is 2.18. The van der Waals surface area contributed by atoms with Crippen molar-refractivity contribution in [3.63, 3.8) is 0 Å². The number of benzene rings is 2. The Labute approximate surface area is 177 Å². The largest absolute Gasteiger partial charge is 0.378 e. The number of anilines is 2. The zero-order chi connectivity index (χ0) is 20.8. The summed E-state index contributed by atoms with van der Waals surface area (Å²) >= 11 is 0. The maximum absolute atomic E-state index is 12.9. The molecule has 9 nitrogen and oxygen atoms in total. The first-order chi connectivity index (χ1) is 15.3. The molecule has 4 heterocycles. The van der Waals surface area contributed by atoms with E-state index in [1.54, 1.807) is 18.5 Å². The van der Waals surface area contributed by atoms with E-state index in [-0.39, 0.29) is 5.91 Å². The van der Waals surface area contributed by atoms with Crippen molar-refractivity contribution < 1.29 is 9.53 Å². The van der Waals surface area contributed by atoms with Crippen LogP contribution in [0.2, 0.25) is 0 Å². The zero-order valence-electron chi connectivity index (χ0n) is 16.8. The minimum Gasteiger partial charge on any atom is -0.378 e. The molecule has 31 heavy (non-hydrogen) atoms. The number of carbonyl (C=O) groups is 1. The van der Waals surface area contributed by atoms with E-state index in [2.05, 4.69) is 43.4 Å². The number of hydrogen-bond donors (Lipinski definition) is 2. The van der Waals surface area contributed by atoms with Crippen LogP contribution in [0.15, 0.2) is 47.7 Å². The maximum Gasteiger partial charge on any atom is 0.280 e. The monoisotopic (exact) mass is 415 g/mol. The highest BCUT2D eigenvalue weighted by molar-refractivity contribution is 5.98. The molecule has 2 aliphatic heterocycles. The second-order valence-corrected chi connectivity index (χ2v) is 7.69. The Bertz CT molecular complexity index is 1380. The third-order valence-corrected chi connectivity index (χ3v) is 5.84. The van der Waals surface area contributed by atoms with E-state index in [0.29, 0.717) is 11.2 Å². The van der Waals surface area contributed by atoms with E-state index < -0.39 is 0 Å². The van der Waals surface area contributed by atoms with Gasteiger partial charge >= 0.3 is 0 Å². The van der Waals surface area contributed by atoms with Gasteiger partial charge in [-0.2, -0.15) is 4.99 Å². The van der Waals surface area contributed by atoms with Crippen LogP contribution in [0.3, 0.4) is 0 Å². The number of carbonyl (C=O) groups excluding carboxylic acids is 1. The topological polar surface area (TPSA) is 100 Å². The van der Waals surface area contributed by atoms with E-state index in [0.717, 1.165) is 72.8 Å². The lowest BCUT2D eigenvalue weighted by molar-refractivity contribution is 0.0996. The van der Waals surface area contributed by atoms with Crippen molar-refractivity contribution in [2.24, 2.45) is 4.99 Å². The minimum atomic E-state index is -0.325. The molecule has 2 aliphatic rings. The van der Waals surface area contributed by atoms with Crippen molar-refractivity contribution in [2.45, 2.75) is 6.54 Å². The number of morpholine rings is 1. The number of rotatable bonds is 2. The first kappa shape index (κ1) is 18.1. The Morgan fingerprint density at radius 1 is 1.06 bits per heavy atom. The quantitative estimate of drug-likeness (QED) is 0.519. The van der Waals surface area contributed by atoms with Crippen LogP contribution in [-0.4, -0.2) is 58.3 Å². The standard InChI is InChI=1S/C22H21N7O2/c30-21(14-1-4-17-19(11-14)25-13-24-17)27-22-26-18-12-15(28-7-9-31-10-8-28)2-3-16(18)20-23-5-6-29(20)22/h1-4,11-13,23H,5-10H2,(H,24,25). The molecular formula is C22H21N7O2. The van der Waals surface area contributed by atoms with Crippen LogP contribution in [0.5, 0.6) is 0 Å². The highest BCUT2D eigenvalue weighted by atomic mass is 16.5. The molecule has 0 unspecified atom stereocenters. The zero-order valence-corrected chi connectivity index (χ0v) is 16.8. The van der Waals surface area contributed by atoms with E-state index in [9.17, 15) is 4.79 Å². The van der Waals surface area contributed by atoms with Crippen LogP contribution in [0.1, 0.15) is 10.4 Å². The first-order valence-corrected chi connectivity index (χ1v) is 10.4. The SMILES string of the molecule is O=C(N=c1nc2cc(N3CCOCC3)ccc2c2n1CCN2)c1ccc2nc[nH]c2c1. The van der Waals surface area contributed by atoms with Crippen molar-refractivity contribution >= 4 is 39.3 Å². The summed E-state index contributed by atoms with van der Waals surface area (Å²) < 4.78 is 7.44. The Morgan fingerprint density at radius 3 is 2.87 bits per heavy atom. The summed E-state index contributed by atoms with van der Waals surface area (Å²) in [5.41, 5.74) is 4.47. The number of nitrogens with zero attached hydrogens (tertiary/aromatic N) is 5. The Morgan fingerprint density at radius 2 is 1.97 bits per heavy atom. The average Bonchev–Trinajstić information content (AvgIpc) is 3.49. The molecule has 4 aromatic rings. The first-order valence-electron chi connectivity index (χ1n) is 10.4. The molecular weight excluding hydrogens is 394 g/mol. The molecule has 0 spiro atoms. The Hall–Kier alpha value is -3.72. The normalized spacial score (nSPS) is 16.6. The molecule has 1 amide bonds. The molecule has 2 aromatic heterocycles. The second-order valence-electron chi connectivity index (χ2n) is 7.69. The predicted molar refractivity (Wildman–Crippen MR) is 117 cm³/mol.